The second-order valence-corrected chi connectivity index (χ2v) is 14.5. The number of hydrogen-bond acceptors (Lipinski definition) is 2. The van der Waals surface area contributed by atoms with Gasteiger partial charge in [0.1, 0.15) is 0 Å². The average Bonchev–Trinajstić information content (AvgIpc) is 2.89. The number of benzene rings is 4. The zero-order chi connectivity index (χ0) is 25.8. The summed E-state index contributed by atoms with van der Waals surface area (Å²) in [6.45, 7) is 8.92. The van der Waals surface area contributed by atoms with Gasteiger partial charge in [0, 0.05) is 0 Å². The molecule has 0 aliphatic carbocycles. The predicted octanol–water partition coefficient (Wildman–Crippen LogP) is 9.31. The van der Waals surface area contributed by atoms with Crippen LogP contribution in [0.3, 0.4) is 0 Å². The molecule has 0 N–H and O–H groups in total. The Balaban J connectivity index is 1.98. The maximum atomic E-state index is 6.36. The summed E-state index contributed by atoms with van der Waals surface area (Å²) in [4.78, 5) is 4.76. The molecule has 2 nitrogen and oxygen atoms in total. The normalized spacial score (nSPS) is 12.1. The van der Waals surface area contributed by atoms with Crippen LogP contribution in [0, 0.1) is 0 Å². The Hall–Kier alpha value is -2.36. The van der Waals surface area contributed by atoms with Crippen LogP contribution in [0.1, 0.15) is 55.5 Å². The monoisotopic (exact) mass is 550 g/mol. The first kappa shape index (κ1) is 26.7. The summed E-state index contributed by atoms with van der Waals surface area (Å²) >= 11 is -2.74. The molecule has 0 atom stereocenters. The number of para-hydroxylation sites is 1. The molecule has 0 unspecified atom stereocenters. The molecule has 0 saturated heterocycles. The van der Waals surface area contributed by atoms with E-state index in [0.717, 1.165) is 16.8 Å². The fourth-order valence-electron chi connectivity index (χ4n) is 4.45. The van der Waals surface area contributed by atoms with Crippen molar-refractivity contribution < 1.29 is 19.5 Å². The van der Waals surface area contributed by atoms with Crippen LogP contribution < -0.4 is 3.32 Å². The molecule has 36 heavy (non-hydrogen) atoms. The Morgan fingerprint density at radius 1 is 0.667 bits per heavy atom. The van der Waals surface area contributed by atoms with Crippen molar-refractivity contribution >= 4 is 30.5 Å². The van der Waals surface area contributed by atoms with E-state index in [4.69, 9.17) is 26.9 Å². The molecule has 0 fully saturated rings. The van der Waals surface area contributed by atoms with Crippen LogP contribution in [0.4, 0.5) is 5.69 Å². The average molecular weight is 551 g/mol. The van der Waals surface area contributed by atoms with E-state index in [1.807, 2.05) is 48.7 Å². The molecule has 0 spiro atoms. The third-order valence-electron chi connectivity index (χ3n) is 6.79. The quantitative estimate of drug-likeness (QED) is 0.158. The molecule has 0 radical (unpaired) electrons. The summed E-state index contributed by atoms with van der Waals surface area (Å²) in [5, 5.41) is 0. The second-order valence-electron chi connectivity index (χ2n) is 9.85. The molecule has 0 amide bonds. The molecule has 0 aromatic heterocycles. The van der Waals surface area contributed by atoms with E-state index in [9.17, 15) is 0 Å². The van der Waals surface area contributed by atoms with Crippen LogP contribution in [0.25, 0.3) is 0 Å². The van der Waals surface area contributed by atoms with Crippen LogP contribution in [0.5, 0.6) is 5.75 Å². The summed E-state index contributed by atoms with van der Waals surface area (Å²) in [7, 11) is 12.7. The molecular formula is C31H30Cl2NOTi. The fraction of sp³-hybridized carbons (Fsp3) is 0.194. The third kappa shape index (κ3) is 5.95. The summed E-state index contributed by atoms with van der Waals surface area (Å²) in [5.41, 5.74) is 5.74. The van der Waals surface area contributed by atoms with Crippen molar-refractivity contribution in [3.8, 4) is 5.75 Å². The Kier molecular flexibility index (Phi) is 8.42. The minimum absolute atomic E-state index is 0.252. The van der Waals surface area contributed by atoms with Crippen molar-refractivity contribution in [1.82, 2.24) is 0 Å². The van der Waals surface area contributed by atoms with Gasteiger partial charge in [-0.2, -0.15) is 0 Å². The zero-order valence-corrected chi connectivity index (χ0v) is 24.1. The first-order valence-corrected chi connectivity index (χ1v) is 16.9. The molecule has 0 saturated carbocycles. The van der Waals surface area contributed by atoms with E-state index < -0.39 is 16.1 Å². The van der Waals surface area contributed by atoms with Crippen molar-refractivity contribution in [2.24, 2.45) is 4.99 Å². The number of nitrogens with zero attached hydrogens (tertiary/aromatic N) is 1. The summed E-state index contributed by atoms with van der Waals surface area (Å²) in [6, 6.07) is 35.3. The maximum absolute atomic E-state index is 6.36. The van der Waals surface area contributed by atoms with Gasteiger partial charge in [-0.3, -0.25) is 0 Å². The fourth-order valence-corrected chi connectivity index (χ4v) is 5.69. The van der Waals surface area contributed by atoms with Crippen LogP contribution >= 0.6 is 18.6 Å². The molecule has 0 aliphatic rings. The summed E-state index contributed by atoms with van der Waals surface area (Å²) < 4.78 is 6.25. The number of aliphatic imine (C=N–C) groups is 1. The van der Waals surface area contributed by atoms with Crippen molar-refractivity contribution in [2.45, 2.75) is 38.5 Å². The Bertz CT molecular complexity index is 1320. The molecule has 0 aliphatic heterocycles. The van der Waals surface area contributed by atoms with Gasteiger partial charge in [-0.1, -0.05) is 0 Å². The molecule has 0 heterocycles. The number of halogens is 2. The SMILES string of the molecule is CC(C)(c1ccccc1)c1cc(C=Nc2ccccc2)c([O][Ti]([Cl])[Cl])c(C(C)(C)c2ccccc2)c1. The standard InChI is InChI=1S/C31H31NO.2ClH.Ti/c1-30(2,24-14-8-5-9-15-24)26-20-23(22-32-27-18-12-7-13-19-27)29(33)28(21-26)31(3,4)25-16-10-6-11-17-25;;;/h5-22,33H,1-4H3;2*1H;/q;;;+3/p-3. The Morgan fingerprint density at radius 2 is 1.17 bits per heavy atom. The van der Waals surface area contributed by atoms with Crippen LogP contribution in [-0.4, -0.2) is 6.21 Å². The van der Waals surface area contributed by atoms with Gasteiger partial charge in [0.25, 0.3) is 0 Å². The van der Waals surface area contributed by atoms with E-state index in [1.54, 1.807) is 0 Å². The molecule has 5 heteroatoms. The van der Waals surface area contributed by atoms with E-state index in [2.05, 4.69) is 88.4 Å². The molecule has 4 aromatic carbocycles. The summed E-state index contributed by atoms with van der Waals surface area (Å²) in [5.74, 6) is 0.705. The van der Waals surface area contributed by atoms with Gasteiger partial charge in [-0.05, 0) is 0 Å². The molecule has 183 valence electrons. The first-order valence-electron chi connectivity index (χ1n) is 11.9. The Labute approximate surface area is 229 Å². The van der Waals surface area contributed by atoms with Gasteiger partial charge < -0.3 is 0 Å². The van der Waals surface area contributed by atoms with E-state index in [1.165, 1.54) is 16.7 Å². The summed E-state index contributed by atoms with van der Waals surface area (Å²) in [6.07, 6.45) is 1.87. The van der Waals surface area contributed by atoms with Gasteiger partial charge in [-0.15, -0.1) is 0 Å². The van der Waals surface area contributed by atoms with E-state index in [-0.39, 0.29) is 10.8 Å². The topological polar surface area (TPSA) is 21.6 Å². The Morgan fingerprint density at radius 3 is 1.69 bits per heavy atom. The zero-order valence-electron chi connectivity index (χ0n) is 21.0. The van der Waals surface area contributed by atoms with E-state index >= 15 is 0 Å². The van der Waals surface area contributed by atoms with Gasteiger partial charge in [-0.25, -0.2) is 0 Å². The number of hydrogen-bond donors (Lipinski definition) is 0. The van der Waals surface area contributed by atoms with Crippen LogP contribution in [0.15, 0.2) is 108 Å². The van der Waals surface area contributed by atoms with Crippen LogP contribution in [-0.2, 0) is 27.0 Å². The molecular weight excluding hydrogens is 521 g/mol. The van der Waals surface area contributed by atoms with Crippen molar-refractivity contribution in [1.29, 1.82) is 0 Å². The molecule has 4 rings (SSSR count). The minimum atomic E-state index is -2.74. The molecule has 4 aromatic rings. The molecule has 0 bridgehead atoms. The first-order chi connectivity index (χ1) is 17.2. The van der Waals surface area contributed by atoms with Crippen LogP contribution in [0.2, 0.25) is 0 Å². The van der Waals surface area contributed by atoms with E-state index in [0.29, 0.717) is 5.75 Å². The second kappa shape index (κ2) is 11.4. The van der Waals surface area contributed by atoms with Gasteiger partial charge in [0.2, 0.25) is 0 Å². The van der Waals surface area contributed by atoms with Crippen molar-refractivity contribution in [3.05, 3.63) is 131 Å². The van der Waals surface area contributed by atoms with Gasteiger partial charge in [0.05, 0.1) is 0 Å². The van der Waals surface area contributed by atoms with Gasteiger partial charge >= 0.3 is 230 Å². The predicted molar refractivity (Wildman–Crippen MR) is 150 cm³/mol. The van der Waals surface area contributed by atoms with Crippen molar-refractivity contribution in [2.75, 3.05) is 0 Å². The van der Waals surface area contributed by atoms with Crippen molar-refractivity contribution in [3.63, 3.8) is 0 Å². The van der Waals surface area contributed by atoms with Gasteiger partial charge in [0.15, 0.2) is 0 Å². The third-order valence-corrected chi connectivity index (χ3v) is 7.99. The number of rotatable bonds is 8.